The van der Waals surface area contributed by atoms with E-state index in [9.17, 15) is 4.39 Å². The Bertz CT molecular complexity index is 761. The van der Waals surface area contributed by atoms with Gasteiger partial charge in [-0.1, -0.05) is 25.2 Å². The highest BCUT2D eigenvalue weighted by Crippen LogP contribution is 2.39. The van der Waals surface area contributed by atoms with Crippen molar-refractivity contribution in [3.63, 3.8) is 0 Å². The Morgan fingerprint density at radius 3 is 2.88 bits per heavy atom. The molecule has 0 bridgehead atoms. The van der Waals surface area contributed by atoms with Crippen LogP contribution in [0.5, 0.6) is 0 Å². The first-order chi connectivity index (χ1) is 12.4. The molecule has 4 nitrogen and oxygen atoms in total. The summed E-state index contributed by atoms with van der Waals surface area (Å²) in [5, 5.41) is 0. The average molecular weight is 357 g/mol. The second-order valence-corrected chi connectivity index (χ2v) is 8.08. The number of dihydropyridines is 1. The zero-order valence-corrected chi connectivity index (χ0v) is 15.8. The summed E-state index contributed by atoms with van der Waals surface area (Å²) >= 11 is 0. The fourth-order valence-corrected chi connectivity index (χ4v) is 4.28. The molecule has 4 unspecified atom stereocenters. The number of nitrogens with two attached hydrogens (primary N) is 1. The van der Waals surface area contributed by atoms with E-state index >= 15 is 0 Å². The Balaban J connectivity index is 1.73. The summed E-state index contributed by atoms with van der Waals surface area (Å²) in [6.07, 6.45) is 9.64. The minimum Gasteiger partial charge on any atom is -0.463 e. The number of hydrogen-bond donors (Lipinski definition) is 1. The molecule has 0 amide bonds. The van der Waals surface area contributed by atoms with Crippen LogP contribution in [0.25, 0.3) is 0 Å². The van der Waals surface area contributed by atoms with Gasteiger partial charge in [0.2, 0.25) is 5.90 Å². The quantitative estimate of drug-likeness (QED) is 0.821. The second kappa shape index (κ2) is 6.78. The smallest absolute Gasteiger partial charge is 0.207 e. The predicted octanol–water partition coefficient (Wildman–Crippen LogP) is 3.63. The number of nitrogens with zero attached hydrogens (tertiary/aromatic N) is 2. The van der Waals surface area contributed by atoms with Gasteiger partial charge in [0.05, 0.1) is 6.04 Å². The average Bonchev–Trinajstić information content (AvgIpc) is 2.99. The van der Waals surface area contributed by atoms with Gasteiger partial charge < -0.3 is 10.5 Å². The molecule has 0 saturated carbocycles. The molecule has 1 saturated heterocycles. The van der Waals surface area contributed by atoms with E-state index < -0.39 is 0 Å². The summed E-state index contributed by atoms with van der Waals surface area (Å²) in [7, 11) is 2.05. The van der Waals surface area contributed by atoms with Crippen LogP contribution in [0.2, 0.25) is 0 Å². The van der Waals surface area contributed by atoms with Crippen LogP contribution in [0.1, 0.15) is 39.5 Å². The Hall–Kier alpha value is -1.72. The molecule has 4 atom stereocenters. The van der Waals surface area contributed by atoms with Crippen molar-refractivity contribution in [3.05, 3.63) is 46.3 Å². The third-order valence-corrected chi connectivity index (χ3v) is 6.13. The lowest BCUT2D eigenvalue weighted by atomic mass is 9.78. The zero-order chi connectivity index (χ0) is 18.4. The van der Waals surface area contributed by atoms with Crippen molar-refractivity contribution in [2.75, 3.05) is 13.8 Å². The number of allylic oxidation sites excluding steroid dienone is 3. The maximum absolute atomic E-state index is 13.9. The van der Waals surface area contributed by atoms with Gasteiger partial charge in [0.25, 0.3) is 0 Å². The summed E-state index contributed by atoms with van der Waals surface area (Å²) < 4.78 is 19.6. The van der Waals surface area contributed by atoms with Crippen LogP contribution in [-0.4, -0.2) is 42.7 Å². The SMILES string of the molecule is CC1=C(F)CCC(C2N=C3OCN(C)C3C=C2C2=CCC(N)C(C)C2)=C1. The number of halogens is 1. The molecule has 4 rings (SSSR count). The van der Waals surface area contributed by atoms with Crippen LogP contribution >= 0.6 is 0 Å². The van der Waals surface area contributed by atoms with Gasteiger partial charge in [-0.3, -0.25) is 4.90 Å². The standard InChI is InChI=1S/C21H28FN3O/c1-12-8-15(4-6-17(12)22)20-16(14-5-7-18(23)13(2)9-14)10-19-21(24-20)26-11-25(19)3/h5,8,10,13,18-20H,4,6-7,9,11,23H2,1-3H3. The van der Waals surface area contributed by atoms with E-state index in [1.54, 1.807) is 0 Å². The van der Waals surface area contributed by atoms with Gasteiger partial charge in [0.1, 0.15) is 18.6 Å². The third kappa shape index (κ3) is 3.08. The van der Waals surface area contributed by atoms with Crippen molar-refractivity contribution >= 4 is 5.90 Å². The van der Waals surface area contributed by atoms with Crippen molar-refractivity contribution in [3.8, 4) is 0 Å². The molecule has 0 aromatic heterocycles. The summed E-state index contributed by atoms with van der Waals surface area (Å²) in [5.74, 6) is 1.24. The summed E-state index contributed by atoms with van der Waals surface area (Å²) in [6, 6.07) is 0.264. The van der Waals surface area contributed by atoms with E-state index in [0.717, 1.165) is 24.3 Å². The van der Waals surface area contributed by atoms with Gasteiger partial charge >= 0.3 is 0 Å². The van der Waals surface area contributed by atoms with Crippen LogP contribution in [0.3, 0.4) is 0 Å². The van der Waals surface area contributed by atoms with Gasteiger partial charge in [0, 0.05) is 12.5 Å². The van der Waals surface area contributed by atoms with E-state index in [1.807, 2.05) is 13.0 Å². The van der Waals surface area contributed by atoms with Gasteiger partial charge in [-0.2, -0.15) is 0 Å². The maximum atomic E-state index is 13.9. The first-order valence-corrected chi connectivity index (χ1v) is 9.57. The Labute approximate surface area is 155 Å². The normalized spacial score (nSPS) is 35.3. The molecule has 2 N–H and O–H groups in total. The van der Waals surface area contributed by atoms with Crippen LogP contribution in [0.15, 0.2) is 51.3 Å². The fraction of sp³-hybridized carbons (Fsp3) is 0.571. The highest BCUT2D eigenvalue weighted by molar-refractivity contribution is 5.88. The predicted molar refractivity (Wildman–Crippen MR) is 102 cm³/mol. The summed E-state index contributed by atoms with van der Waals surface area (Å²) in [6.45, 7) is 4.63. The molecule has 5 heteroatoms. The molecule has 0 spiro atoms. The Kier molecular flexibility index (Phi) is 4.61. The first kappa shape index (κ1) is 17.7. The maximum Gasteiger partial charge on any atom is 0.207 e. The lowest BCUT2D eigenvalue weighted by Gasteiger charge is -2.33. The molecule has 2 aliphatic carbocycles. The molecule has 0 aromatic rings. The number of ether oxygens (including phenoxy) is 1. The number of likely N-dealkylation sites (N-methyl/N-ethyl adjacent to an activating group) is 1. The molecular formula is C21H28FN3O. The molecule has 0 radical (unpaired) electrons. The second-order valence-electron chi connectivity index (χ2n) is 8.08. The van der Waals surface area contributed by atoms with Crippen molar-refractivity contribution in [1.82, 2.24) is 4.90 Å². The van der Waals surface area contributed by atoms with Crippen molar-refractivity contribution < 1.29 is 9.13 Å². The minimum atomic E-state index is -0.0661. The molecule has 0 aromatic carbocycles. The molecule has 140 valence electrons. The van der Waals surface area contributed by atoms with Gasteiger partial charge in [-0.25, -0.2) is 9.38 Å². The number of hydrogen-bond acceptors (Lipinski definition) is 4. The number of rotatable bonds is 2. The van der Waals surface area contributed by atoms with Crippen LogP contribution in [0.4, 0.5) is 4.39 Å². The van der Waals surface area contributed by atoms with Gasteiger partial charge in [-0.05, 0) is 61.4 Å². The Morgan fingerprint density at radius 1 is 1.35 bits per heavy atom. The molecule has 1 fully saturated rings. The highest BCUT2D eigenvalue weighted by Gasteiger charge is 2.37. The van der Waals surface area contributed by atoms with E-state index in [0.29, 0.717) is 25.5 Å². The van der Waals surface area contributed by atoms with E-state index in [2.05, 4.69) is 31.0 Å². The highest BCUT2D eigenvalue weighted by atomic mass is 19.1. The monoisotopic (exact) mass is 357 g/mol. The topological polar surface area (TPSA) is 50.8 Å². The summed E-state index contributed by atoms with van der Waals surface area (Å²) in [4.78, 5) is 7.14. The van der Waals surface area contributed by atoms with E-state index in [4.69, 9.17) is 15.5 Å². The van der Waals surface area contributed by atoms with Gasteiger partial charge in [-0.15, -0.1) is 0 Å². The van der Waals surface area contributed by atoms with Crippen molar-refractivity contribution in [2.45, 2.75) is 57.7 Å². The lowest BCUT2D eigenvalue weighted by Crippen LogP contribution is -2.36. The van der Waals surface area contributed by atoms with Crippen LogP contribution < -0.4 is 5.73 Å². The van der Waals surface area contributed by atoms with Crippen LogP contribution in [-0.2, 0) is 4.74 Å². The molecule has 2 heterocycles. The van der Waals surface area contributed by atoms with Crippen LogP contribution in [0, 0.1) is 5.92 Å². The number of aliphatic imine (C=N–C) groups is 1. The third-order valence-electron chi connectivity index (χ3n) is 6.13. The van der Waals surface area contributed by atoms with Crippen molar-refractivity contribution in [1.29, 1.82) is 0 Å². The minimum absolute atomic E-state index is 0.00561. The largest absolute Gasteiger partial charge is 0.463 e. The van der Waals surface area contributed by atoms with Crippen molar-refractivity contribution in [2.24, 2.45) is 16.6 Å². The van der Waals surface area contributed by atoms with E-state index in [1.165, 1.54) is 16.7 Å². The lowest BCUT2D eigenvalue weighted by molar-refractivity contribution is 0.211. The first-order valence-electron chi connectivity index (χ1n) is 9.57. The molecular weight excluding hydrogens is 329 g/mol. The molecule has 2 aliphatic heterocycles. The number of fused-ring (bicyclic) bond motifs is 1. The fourth-order valence-electron chi connectivity index (χ4n) is 4.28. The molecule has 26 heavy (non-hydrogen) atoms. The molecule has 4 aliphatic rings. The zero-order valence-electron chi connectivity index (χ0n) is 15.8. The van der Waals surface area contributed by atoms with E-state index in [-0.39, 0.29) is 24.0 Å². The van der Waals surface area contributed by atoms with Gasteiger partial charge in [0.15, 0.2) is 0 Å². The summed E-state index contributed by atoms with van der Waals surface area (Å²) in [5.41, 5.74) is 10.7. The Morgan fingerprint density at radius 2 is 2.15 bits per heavy atom.